The van der Waals surface area contributed by atoms with Gasteiger partial charge in [-0.3, -0.25) is 10.2 Å². The Morgan fingerprint density at radius 1 is 1.35 bits per heavy atom. The number of aromatic nitrogens is 3. The maximum atomic E-state index is 11.8. The van der Waals surface area contributed by atoms with Crippen LogP contribution in [0.3, 0.4) is 0 Å². The predicted molar refractivity (Wildman–Crippen MR) is 78.8 cm³/mol. The molecule has 0 bridgehead atoms. The van der Waals surface area contributed by atoms with E-state index in [1.165, 1.54) is 4.68 Å². The number of hydrogen-bond acceptors (Lipinski definition) is 7. The van der Waals surface area contributed by atoms with E-state index in [4.69, 9.17) is 23.3 Å². The Kier molecular flexibility index (Phi) is 4.66. The summed E-state index contributed by atoms with van der Waals surface area (Å²) in [7, 11) is 0. The van der Waals surface area contributed by atoms with Crippen LogP contribution in [0, 0.1) is 0 Å². The molecule has 106 valence electrons. The Morgan fingerprint density at radius 2 is 2.05 bits per heavy atom. The summed E-state index contributed by atoms with van der Waals surface area (Å²) in [5, 5.41) is 11.2. The number of rotatable bonds is 5. The fourth-order valence-corrected chi connectivity index (χ4v) is 2.12. The maximum Gasteiger partial charge on any atom is 0.258 e. The highest BCUT2D eigenvalue weighted by Gasteiger charge is 2.11. The molecule has 0 saturated carbocycles. The average molecular weight is 314 g/mol. The number of nitrogen functional groups attached to an aromatic ring is 2. The van der Waals surface area contributed by atoms with Gasteiger partial charge in [0, 0.05) is 10.7 Å². The molecule has 0 aliphatic rings. The molecule has 20 heavy (non-hydrogen) atoms. The molecule has 1 aromatic heterocycles. The number of nitrogens with two attached hydrogens (primary N) is 2. The van der Waals surface area contributed by atoms with Crippen molar-refractivity contribution in [3.63, 3.8) is 0 Å². The first-order valence-corrected chi connectivity index (χ1v) is 6.82. The van der Waals surface area contributed by atoms with E-state index in [1.807, 2.05) is 0 Å². The van der Waals surface area contributed by atoms with E-state index in [0.29, 0.717) is 15.9 Å². The van der Waals surface area contributed by atoms with Crippen LogP contribution >= 0.6 is 23.4 Å². The van der Waals surface area contributed by atoms with Crippen molar-refractivity contribution in [1.29, 1.82) is 0 Å². The van der Waals surface area contributed by atoms with E-state index < -0.39 is 0 Å². The number of carbonyl (C=O) groups excluding carboxylic acids is 1. The van der Waals surface area contributed by atoms with Gasteiger partial charge in [0.05, 0.1) is 5.75 Å². The monoisotopic (exact) mass is 313 g/mol. The largest absolute Gasteiger partial charge is 0.334 e. The topological polar surface area (TPSA) is 124 Å². The summed E-state index contributed by atoms with van der Waals surface area (Å²) in [5.74, 6) is 11.0. The van der Waals surface area contributed by atoms with Crippen LogP contribution in [-0.4, -0.2) is 26.5 Å². The van der Waals surface area contributed by atoms with E-state index >= 15 is 0 Å². The van der Waals surface area contributed by atoms with Gasteiger partial charge in [-0.2, -0.15) is 0 Å². The molecule has 6 N–H and O–H groups in total. The first kappa shape index (κ1) is 14.4. The minimum atomic E-state index is -0.192. The lowest BCUT2D eigenvalue weighted by Gasteiger charge is -2.05. The van der Waals surface area contributed by atoms with Crippen LogP contribution < -0.4 is 22.4 Å². The molecule has 0 unspecified atom stereocenters. The van der Waals surface area contributed by atoms with Crippen molar-refractivity contribution in [3.8, 4) is 0 Å². The Bertz CT molecular complexity index is 600. The Hall–Kier alpha value is -1.97. The fraction of sp³-hybridized carbons (Fsp3) is 0.100. The summed E-state index contributed by atoms with van der Waals surface area (Å²) in [6, 6.07) is 6.82. The fourth-order valence-electron chi connectivity index (χ4n) is 1.33. The third-order valence-electron chi connectivity index (χ3n) is 2.25. The highest BCUT2D eigenvalue weighted by molar-refractivity contribution is 7.99. The SMILES string of the molecule is NNc1nnc(SCC(=O)Nc2ccc(Cl)cc2)n1N. The van der Waals surface area contributed by atoms with Gasteiger partial charge in [0.1, 0.15) is 0 Å². The first-order chi connectivity index (χ1) is 9.60. The van der Waals surface area contributed by atoms with Gasteiger partial charge in [-0.15, -0.1) is 10.2 Å². The number of nitrogens with one attached hydrogen (secondary N) is 2. The summed E-state index contributed by atoms with van der Waals surface area (Å²) < 4.78 is 1.17. The minimum Gasteiger partial charge on any atom is -0.334 e. The summed E-state index contributed by atoms with van der Waals surface area (Å²) in [6.07, 6.45) is 0. The Balaban J connectivity index is 1.88. The van der Waals surface area contributed by atoms with Gasteiger partial charge in [-0.25, -0.2) is 10.5 Å². The number of hydrogen-bond donors (Lipinski definition) is 4. The smallest absolute Gasteiger partial charge is 0.258 e. The van der Waals surface area contributed by atoms with Gasteiger partial charge < -0.3 is 11.2 Å². The Morgan fingerprint density at radius 3 is 2.65 bits per heavy atom. The number of anilines is 2. The Labute approximate surface area is 123 Å². The van der Waals surface area contributed by atoms with Crippen LogP contribution in [0.15, 0.2) is 29.4 Å². The molecule has 0 aliphatic heterocycles. The molecule has 8 nitrogen and oxygen atoms in total. The van der Waals surface area contributed by atoms with Crippen molar-refractivity contribution < 1.29 is 4.79 Å². The molecular weight excluding hydrogens is 302 g/mol. The highest BCUT2D eigenvalue weighted by Crippen LogP contribution is 2.17. The van der Waals surface area contributed by atoms with E-state index in [2.05, 4.69) is 20.9 Å². The van der Waals surface area contributed by atoms with Gasteiger partial charge in [0.25, 0.3) is 5.95 Å². The van der Waals surface area contributed by atoms with Gasteiger partial charge in [0.15, 0.2) is 0 Å². The molecule has 0 aliphatic carbocycles. The van der Waals surface area contributed by atoms with Crippen LogP contribution in [0.2, 0.25) is 5.02 Å². The molecule has 1 heterocycles. The second-order valence-electron chi connectivity index (χ2n) is 3.66. The molecular formula is C10H12ClN7OS. The molecule has 1 amide bonds. The standard InChI is InChI=1S/C10H12ClN7OS/c11-6-1-3-7(4-2-6)14-8(19)5-20-10-17-16-9(15-12)18(10)13/h1-4H,5,12-13H2,(H,14,19)(H,15,16). The lowest BCUT2D eigenvalue weighted by Crippen LogP contribution is -2.19. The molecule has 10 heteroatoms. The predicted octanol–water partition coefficient (Wildman–Crippen LogP) is 0.662. The first-order valence-electron chi connectivity index (χ1n) is 5.45. The molecule has 0 atom stereocenters. The summed E-state index contributed by atoms with van der Waals surface area (Å²) >= 11 is 6.90. The molecule has 0 spiro atoms. The summed E-state index contributed by atoms with van der Waals surface area (Å²) in [6.45, 7) is 0. The van der Waals surface area contributed by atoms with E-state index in [-0.39, 0.29) is 17.6 Å². The normalized spacial score (nSPS) is 10.3. The summed E-state index contributed by atoms with van der Waals surface area (Å²) in [4.78, 5) is 11.8. The number of hydrazine groups is 1. The van der Waals surface area contributed by atoms with Gasteiger partial charge in [-0.1, -0.05) is 23.4 Å². The number of nitrogens with zero attached hydrogens (tertiary/aromatic N) is 3. The minimum absolute atomic E-state index is 0.141. The number of halogens is 1. The van der Waals surface area contributed by atoms with E-state index in [1.54, 1.807) is 24.3 Å². The van der Waals surface area contributed by atoms with Crippen molar-refractivity contribution in [2.75, 3.05) is 22.3 Å². The molecule has 0 fully saturated rings. The molecule has 0 radical (unpaired) electrons. The average Bonchev–Trinajstić information content (AvgIpc) is 2.79. The second-order valence-corrected chi connectivity index (χ2v) is 5.04. The number of carbonyl (C=O) groups is 1. The van der Waals surface area contributed by atoms with Crippen LogP contribution in [-0.2, 0) is 4.79 Å². The number of amides is 1. The zero-order valence-electron chi connectivity index (χ0n) is 10.2. The van der Waals surface area contributed by atoms with Crippen LogP contribution in [0.5, 0.6) is 0 Å². The molecule has 0 saturated heterocycles. The van der Waals surface area contributed by atoms with Crippen molar-refractivity contribution in [3.05, 3.63) is 29.3 Å². The lowest BCUT2D eigenvalue weighted by molar-refractivity contribution is -0.113. The van der Waals surface area contributed by atoms with Crippen molar-refractivity contribution in [1.82, 2.24) is 14.9 Å². The van der Waals surface area contributed by atoms with Crippen LogP contribution in [0.1, 0.15) is 0 Å². The molecule has 2 rings (SSSR count). The maximum absolute atomic E-state index is 11.8. The third-order valence-corrected chi connectivity index (χ3v) is 3.45. The quantitative estimate of drug-likeness (QED) is 0.363. The van der Waals surface area contributed by atoms with Crippen LogP contribution in [0.25, 0.3) is 0 Å². The number of thioether (sulfide) groups is 1. The summed E-state index contributed by atoms with van der Waals surface area (Å²) in [5.41, 5.74) is 2.95. The third kappa shape index (κ3) is 3.53. The van der Waals surface area contributed by atoms with Crippen molar-refractivity contribution in [2.24, 2.45) is 5.84 Å². The van der Waals surface area contributed by atoms with E-state index in [9.17, 15) is 4.79 Å². The van der Waals surface area contributed by atoms with Gasteiger partial charge in [0.2, 0.25) is 11.1 Å². The van der Waals surface area contributed by atoms with Crippen molar-refractivity contribution in [2.45, 2.75) is 5.16 Å². The number of benzene rings is 1. The zero-order valence-corrected chi connectivity index (χ0v) is 11.8. The second kappa shape index (κ2) is 6.46. The van der Waals surface area contributed by atoms with Crippen molar-refractivity contribution >= 4 is 40.9 Å². The molecule has 1 aromatic carbocycles. The zero-order chi connectivity index (χ0) is 14.5. The van der Waals surface area contributed by atoms with Crippen LogP contribution in [0.4, 0.5) is 11.6 Å². The lowest BCUT2D eigenvalue weighted by atomic mass is 10.3. The van der Waals surface area contributed by atoms with Gasteiger partial charge >= 0.3 is 0 Å². The van der Waals surface area contributed by atoms with Gasteiger partial charge in [-0.05, 0) is 24.3 Å². The van der Waals surface area contributed by atoms with E-state index in [0.717, 1.165) is 11.8 Å². The molecule has 2 aromatic rings. The highest BCUT2D eigenvalue weighted by atomic mass is 35.5.